The molecule has 1 aromatic rings. The second-order valence-electron chi connectivity index (χ2n) is 5.75. The van der Waals surface area contributed by atoms with Gasteiger partial charge in [-0.1, -0.05) is 42.1 Å². The van der Waals surface area contributed by atoms with Crippen molar-refractivity contribution in [2.24, 2.45) is 5.41 Å². The zero-order chi connectivity index (χ0) is 13.0. The molecule has 3 heteroatoms. The molecule has 18 heavy (non-hydrogen) atoms. The topological polar surface area (TPSA) is 12.0 Å². The van der Waals surface area contributed by atoms with Gasteiger partial charge in [-0.25, -0.2) is 4.39 Å². The van der Waals surface area contributed by atoms with E-state index in [1.165, 1.54) is 38.2 Å². The maximum atomic E-state index is 13.2. The summed E-state index contributed by atoms with van der Waals surface area (Å²) in [6, 6.07) is 5.06. The third kappa shape index (κ3) is 4.06. The lowest BCUT2D eigenvalue weighted by Gasteiger charge is -2.33. The molecule has 1 fully saturated rings. The first-order valence-electron chi connectivity index (χ1n) is 6.73. The van der Waals surface area contributed by atoms with Crippen LogP contribution in [0, 0.1) is 11.2 Å². The van der Waals surface area contributed by atoms with E-state index in [2.05, 4.69) is 28.2 Å². The Labute approximate surface area is 117 Å². The van der Waals surface area contributed by atoms with Gasteiger partial charge in [0.25, 0.3) is 0 Å². The average molecular weight is 314 g/mol. The van der Waals surface area contributed by atoms with Gasteiger partial charge in [0.15, 0.2) is 0 Å². The third-order valence-electron chi connectivity index (χ3n) is 3.86. The molecule has 2 rings (SSSR count). The molecular formula is C15H21BrFN. The van der Waals surface area contributed by atoms with E-state index in [1.807, 2.05) is 6.07 Å². The van der Waals surface area contributed by atoms with E-state index in [-0.39, 0.29) is 5.82 Å². The van der Waals surface area contributed by atoms with Gasteiger partial charge in [-0.3, -0.25) is 0 Å². The van der Waals surface area contributed by atoms with Gasteiger partial charge in [-0.2, -0.15) is 0 Å². The van der Waals surface area contributed by atoms with Gasteiger partial charge in [-0.05, 0) is 42.0 Å². The summed E-state index contributed by atoms with van der Waals surface area (Å²) in [6.45, 7) is 4.13. The Hall–Kier alpha value is -0.410. The molecule has 1 aromatic carbocycles. The lowest BCUT2D eigenvalue weighted by atomic mass is 9.76. The zero-order valence-electron chi connectivity index (χ0n) is 10.9. The van der Waals surface area contributed by atoms with Crippen molar-refractivity contribution in [3.8, 4) is 0 Å². The van der Waals surface area contributed by atoms with Crippen molar-refractivity contribution in [3.05, 3.63) is 34.1 Å². The van der Waals surface area contributed by atoms with Crippen LogP contribution in [0.1, 0.15) is 44.6 Å². The molecule has 100 valence electrons. The summed E-state index contributed by atoms with van der Waals surface area (Å²) in [5.41, 5.74) is 1.43. The number of rotatable bonds is 4. The van der Waals surface area contributed by atoms with Crippen LogP contribution in [0.3, 0.4) is 0 Å². The lowest BCUT2D eigenvalue weighted by molar-refractivity contribution is 0.207. The lowest BCUT2D eigenvalue weighted by Crippen LogP contribution is -2.33. The SMILES string of the molecule is CC1(CNCc2cc(F)cc(Br)c2)CCCCC1. The molecule has 0 amide bonds. The predicted octanol–water partition coefficient (Wildman–Crippen LogP) is 4.65. The number of benzene rings is 1. The van der Waals surface area contributed by atoms with Crippen LogP contribution in [0.4, 0.5) is 4.39 Å². The van der Waals surface area contributed by atoms with E-state index >= 15 is 0 Å². The number of nitrogens with one attached hydrogen (secondary N) is 1. The first-order valence-corrected chi connectivity index (χ1v) is 7.52. The second kappa shape index (κ2) is 6.16. The highest BCUT2D eigenvalue weighted by Gasteiger charge is 2.25. The molecule has 0 spiro atoms. The first-order chi connectivity index (χ1) is 8.57. The fourth-order valence-electron chi connectivity index (χ4n) is 2.80. The van der Waals surface area contributed by atoms with Crippen molar-refractivity contribution in [1.82, 2.24) is 5.32 Å². The van der Waals surface area contributed by atoms with Crippen LogP contribution in [-0.2, 0) is 6.54 Å². The van der Waals surface area contributed by atoms with Gasteiger partial charge in [0.2, 0.25) is 0 Å². The second-order valence-corrected chi connectivity index (χ2v) is 6.67. The average Bonchev–Trinajstić information content (AvgIpc) is 2.28. The summed E-state index contributed by atoms with van der Waals surface area (Å²) >= 11 is 3.32. The molecule has 1 N–H and O–H groups in total. The molecule has 1 saturated carbocycles. The van der Waals surface area contributed by atoms with E-state index in [4.69, 9.17) is 0 Å². The fraction of sp³-hybridized carbons (Fsp3) is 0.600. The van der Waals surface area contributed by atoms with Crippen molar-refractivity contribution in [3.63, 3.8) is 0 Å². The van der Waals surface area contributed by atoms with Gasteiger partial charge < -0.3 is 5.32 Å². The Bertz CT molecular complexity index is 379. The Morgan fingerprint density at radius 1 is 1.22 bits per heavy atom. The molecule has 1 nitrogen and oxygen atoms in total. The highest BCUT2D eigenvalue weighted by Crippen LogP contribution is 2.34. The zero-order valence-corrected chi connectivity index (χ0v) is 12.5. The number of hydrogen-bond donors (Lipinski definition) is 1. The van der Waals surface area contributed by atoms with Crippen LogP contribution in [-0.4, -0.2) is 6.54 Å². The largest absolute Gasteiger partial charge is 0.312 e. The van der Waals surface area contributed by atoms with Crippen LogP contribution in [0.15, 0.2) is 22.7 Å². The third-order valence-corrected chi connectivity index (χ3v) is 4.32. The Kier molecular flexibility index (Phi) is 4.79. The molecule has 0 atom stereocenters. The molecule has 0 radical (unpaired) electrons. The van der Waals surface area contributed by atoms with E-state index < -0.39 is 0 Å². The Morgan fingerprint density at radius 2 is 1.94 bits per heavy atom. The van der Waals surface area contributed by atoms with Crippen molar-refractivity contribution in [2.45, 2.75) is 45.6 Å². The molecule has 1 aliphatic rings. The van der Waals surface area contributed by atoms with Gasteiger partial charge in [0.05, 0.1) is 0 Å². The van der Waals surface area contributed by atoms with Gasteiger partial charge in [0.1, 0.15) is 5.82 Å². The monoisotopic (exact) mass is 313 g/mol. The van der Waals surface area contributed by atoms with Crippen LogP contribution in [0.2, 0.25) is 0 Å². The van der Waals surface area contributed by atoms with Crippen molar-refractivity contribution >= 4 is 15.9 Å². The van der Waals surface area contributed by atoms with E-state index in [1.54, 1.807) is 6.07 Å². The van der Waals surface area contributed by atoms with Crippen LogP contribution in [0.25, 0.3) is 0 Å². The highest BCUT2D eigenvalue weighted by molar-refractivity contribution is 9.10. The predicted molar refractivity (Wildman–Crippen MR) is 77.0 cm³/mol. The van der Waals surface area contributed by atoms with E-state index in [0.29, 0.717) is 5.41 Å². The first kappa shape index (κ1) is 14.0. The van der Waals surface area contributed by atoms with Crippen molar-refractivity contribution in [1.29, 1.82) is 0 Å². The summed E-state index contributed by atoms with van der Waals surface area (Å²) in [7, 11) is 0. The quantitative estimate of drug-likeness (QED) is 0.853. The molecule has 0 unspecified atom stereocenters. The van der Waals surface area contributed by atoms with E-state index in [0.717, 1.165) is 23.1 Å². The number of hydrogen-bond acceptors (Lipinski definition) is 1. The van der Waals surface area contributed by atoms with E-state index in [9.17, 15) is 4.39 Å². The summed E-state index contributed by atoms with van der Waals surface area (Å²) in [5, 5.41) is 3.48. The fourth-order valence-corrected chi connectivity index (χ4v) is 3.32. The van der Waals surface area contributed by atoms with Crippen LogP contribution in [0.5, 0.6) is 0 Å². The summed E-state index contributed by atoms with van der Waals surface area (Å²) in [6.07, 6.45) is 6.71. The maximum absolute atomic E-state index is 13.2. The molecule has 0 saturated heterocycles. The molecule has 0 heterocycles. The summed E-state index contributed by atoms with van der Waals surface area (Å²) in [5.74, 6) is -0.176. The summed E-state index contributed by atoms with van der Waals surface area (Å²) < 4.78 is 14.0. The molecule has 0 bridgehead atoms. The Morgan fingerprint density at radius 3 is 2.61 bits per heavy atom. The number of halogens is 2. The Balaban J connectivity index is 1.84. The molecule has 0 aromatic heterocycles. The highest BCUT2D eigenvalue weighted by atomic mass is 79.9. The minimum Gasteiger partial charge on any atom is -0.312 e. The maximum Gasteiger partial charge on any atom is 0.124 e. The van der Waals surface area contributed by atoms with Crippen LogP contribution < -0.4 is 5.32 Å². The van der Waals surface area contributed by atoms with Gasteiger partial charge in [0, 0.05) is 17.6 Å². The molecular weight excluding hydrogens is 293 g/mol. The van der Waals surface area contributed by atoms with Gasteiger partial charge in [-0.15, -0.1) is 0 Å². The van der Waals surface area contributed by atoms with Gasteiger partial charge >= 0.3 is 0 Å². The standard InChI is InChI=1S/C15H21BrFN/c1-15(5-3-2-4-6-15)11-18-10-12-7-13(16)9-14(17)8-12/h7-9,18H,2-6,10-11H2,1H3. The minimum absolute atomic E-state index is 0.176. The molecule has 0 aliphatic heterocycles. The molecule has 1 aliphatic carbocycles. The summed E-state index contributed by atoms with van der Waals surface area (Å²) in [4.78, 5) is 0. The smallest absolute Gasteiger partial charge is 0.124 e. The van der Waals surface area contributed by atoms with Crippen molar-refractivity contribution < 1.29 is 4.39 Å². The minimum atomic E-state index is -0.176. The van der Waals surface area contributed by atoms with Crippen LogP contribution >= 0.6 is 15.9 Å². The normalized spacial score (nSPS) is 18.8. The van der Waals surface area contributed by atoms with Crippen molar-refractivity contribution in [2.75, 3.05) is 6.54 Å².